The molecule has 2 aliphatic carbocycles. The van der Waals surface area contributed by atoms with Crippen LogP contribution in [-0.2, 0) is 14.8 Å². The molecule has 2 aromatic rings. The molecule has 154 valence electrons. The maximum Gasteiger partial charge on any atom is 0.261 e. The van der Waals surface area contributed by atoms with E-state index in [-0.39, 0.29) is 16.5 Å². The first-order valence-corrected chi connectivity index (χ1v) is 11.2. The van der Waals surface area contributed by atoms with Crippen LogP contribution in [0.2, 0.25) is 0 Å². The van der Waals surface area contributed by atoms with Crippen molar-refractivity contribution in [3.63, 3.8) is 0 Å². The fourth-order valence-electron chi connectivity index (χ4n) is 4.56. The average Bonchev–Trinajstić information content (AvgIpc) is 3.28. The minimum Gasteiger partial charge on any atom is -0.326 e. The van der Waals surface area contributed by atoms with Crippen LogP contribution < -0.4 is 10.0 Å². The minimum atomic E-state index is -4.05. The predicted molar refractivity (Wildman–Crippen MR) is 106 cm³/mol. The van der Waals surface area contributed by atoms with Crippen molar-refractivity contribution in [2.75, 3.05) is 10.0 Å². The highest BCUT2D eigenvalue weighted by Gasteiger charge is 2.40. The van der Waals surface area contributed by atoms with Crippen LogP contribution in [0.3, 0.4) is 0 Å². The van der Waals surface area contributed by atoms with Crippen LogP contribution in [0.15, 0.2) is 47.4 Å². The van der Waals surface area contributed by atoms with Crippen LogP contribution in [0.5, 0.6) is 0 Å². The Morgan fingerprint density at radius 1 is 0.966 bits per heavy atom. The fourth-order valence-corrected chi connectivity index (χ4v) is 5.63. The van der Waals surface area contributed by atoms with Crippen molar-refractivity contribution in [3.8, 4) is 0 Å². The highest BCUT2D eigenvalue weighted by atomic mass is 32.2. The first-order valence-electron chi connectivity index (χ1n) is 9.68. The van der Waals surface area contributed by atoms with E-state index in [1.165, 1.54) is 31.4 Å². The summed E-state index contributed by atoms with van der Waals surface area (Å²) in [4.78, 5) is 11.9. The number of rotatable bonds is 6. The second kappa shape index (κ2) is 7.74. The molecule has 2 bridgehead atoms. The van der Waals surface area contributed by atoms with Crippen LogP contribution >= 0.6 is 0 Å². The van der Waals surface area contributed by atoms with E-state index in [9.17, 15) is 22.0 Å². The molecule has 3 atom stereocenters. The van der Waals surface area contributed by atoms with Gasteiger partial charge in [0.25, 0.3) is 10.0 Å². The lowest BCUT2D eigenvalue weighted by Gasteiger charge is -2.20. The summed E-state index contributed by atoms with van der Waals surface area (Å²) in [7, 11) is -4.05. The van der Waals surface area contributed by atoms with E-state index in [0.717, 1.165) is 24.5 Å². The molecule has 0 aliphatic heterocycles. The molecule has 0 radical (unpaired) electrons. The quantitative estimate of drug-likeness (QED) is 0.721. The largest absolute Gasteiger partial charge is 0.326 e. The third kappa shape index (κ3) is 4.42. The first kappa shape index (κ1) is 19.8. The lowest BCUT2D eigenvalue weighted by Crippen LogP contribution is -2.20. The zero-order chi connectivity index (χ0) is 20.6. The number of benzene rings is 2. The molecule has 2 fully saturated rings. The van der Waals surface area contributed by atoms with Gasteiger partial charge in [0.2, 0.25) is 5.91 Å². The number of fused-ring (bicyclic) bond motifs is 2. The average molecular weight is 420 g/mol. The van der Waals surface area contributed by atoms with E-state index in [1.54, 1.807) is 12.1 Å². The molecule has 2 aliphatic rings. The molecule has 8 heteroatoms. The number of amides is 1. The molecule has 29 heavy (non-hydrogen) atoms. The van der Waals surface area contributed by atoms with E-state index < -0.39 is 21.7 Å². The maximum absolute atomic E-state index is 13.3. The van der Waals surface area contributed by atoms with Crippen molar-refractivity contribution in [2.24, 2.45) is 17.8 Å². The van der Waals surface area contributed by atoms with E-state index in [4.69, 9.17) is 0 Å². The van der Waals surface area contributed by atoms with Gasteiger partial charge in [0, 0.05) is 17.8 Å². The summed E-state index contributed by atoms with van der Waals surface area (Å²) in [5, 5.41) is 2.86. The predicted octanol–water partition coefficient (Wildman–Crippen LogP) is 4.53. The second-order valence-corrected chi connectivity index (χ2v) is 9.63. The van der Waals surface area contributed by atoms with E-state index in [0.29, 0.717) is 30.0 Å². The molecule has 4 rings (SSSR count). The highest BCUT2D eigenvalue weighted by Crippen LogP contribution is 2.49. The Bertz CT molecular complexity index is 1020. The van der Waals surface area contributed by atoms with Crippen molar-refractivity contribution in [2.45, 2.75) is 37.0 Å². The number of nitrogens with one attached hydrogen (secondary N) is 2. The molecular weight excluding hydrogens is 398 g/mol. The van der Waals surface area contributed by atoms with Crippen LogP contribution in [0.25, 0.3) is 0 Å². The fraction of sp³-hybridized carbons (Fsp3) is 0.381. The monoisotopic (exact) mass is 420 g/mol. The molecule has 1 amide bonds. The third-order valence-corrected chi connectivity index (χ3v) is 7.33. The van der Waals surface area contributed by atoms with Gasteiger partial charge in [0.15, 0.2) is 11.6 Å². The van der Waals surface area contributed by atoms with Gasteiger partial charge in [-0.15, -0.1) is 0 Å². The highest BCUT2D eigenvalue weighted by molar-refractivity contribution is 7.92. The number of hydrogen-bond acceptors (Lipinski definition) is 3. The molecule has 5 nitrogen and oxygen atoms in total. The Balaban J connectivity index is 1.36. The van der Waals surface area contributed by atoms with Crippen molar-refractivity contribution >= 4 is 27.3 Å². The van der Waals surface area contributed by atoms with Crippen molar-refractivity contribution in [3.05, 3.63) is 54.1 Å². The lowest BCUT2D eigenvalue weighted by molar-refractivity contribution is -0.117. The van der Waals surface area contributed by atoms with Crippen LogP contribution in [-0.4, -0.2) is 14.3 Å². The van der Waals surface area contributed by atoms with Crippen molar-refractivity contribution < 1.29 is 22.0 Å². The van der Waals surface area contributed by atoms with Gasteiger partial charge >= 0.3 is 0 Å². The number of anilines is 2. The molecule has 0 aromatic heterocycles. The van der Waals surface area contributed by atoms with Crippen molar-refractivity contribution in [1.82, 2.24) is 0 Å². The van der Waals surface area contributed by atoms with Crippen LogP contribution in [0.4, 0.5) is 20.2 Å². The van der Waals surface area contributed by atoms with Gasteiger partial charge in [-0.1, -0.05) is 6.42 Å². The number of carbonyl (C=O) groups is 1. The van der Waals surface area contributed by atoms with E-state index in [1.807, 2.05) is 0 Å². The number of sulfonamides is 1. The Labute approximate surface area is 168 Å². The molecule has 0 heterocycles. The molecule has 2 N–H and O–H groups in total. The Morgan fingerprint density at radius 3 is 2.31 bits per heavy atom. The Kier molecular flexibility index (Phi) is 5.29. The van der Waals surface area contributed by atoms with Crippen molar-refractivity contribution in [1.29, 1.82) is 0 Å². The van der Waals surface area contributed by atoms with E-state index in [2.05, 4.69) is 10.0 Å². The van der Waals surface area contributed by atoms with Gasteiger partial charge in [0.05, 0.1) is 4.90 Å². The molecule has 2 aromatic carbocycles. The summed E-state index contributed by atoms with van der Waals surface area (Å²) in [5.41, 5.74) is 0.828. The van der Waals surface area contributed by atoms with Gasteiger partial charge < -0.3 is 5.32 Å². The normalized spacial score (nSPS) is 23.2. The summed E-state index contributed by atoms with van der Waals surface area (Å²) in [6.07, 6.45) is 5.44. The Hall–Kier alpha value is -2.48. The van der Waals surface area contributed by atoms with Crippen LogP contribution in [0, 0.1) is 29.4 Å². The Morgan fingerprint density at radius 2 is 1.69 bits per heavy atom. The van der Waals surface area contributed by atoms with Gasteiger partial charge in [0.1, 0.15) is 0 Å². The SMILES string of the molecule is O=C(CC1CC2CCC1C2)Nc1ccc(NS(=O)(=O)c2ccc(F)c(F)c2)cc1. The van der Waals surface area contributed by atoms with E-state index >= 15 is 0 Å². The summed E-state index contributed by atoms with van der Waals surface area (Å²) in [6.45, 7) is 0. The molecule has 3 unspecified atom stereocenters. The smallest absolute Gasteiger partial charge is 0.261 e. The maximum atomic E-state index is 13.3. The first-order chi connectivity index (χ1) is 13.8. The zero-order valence-electron chi connectivity index (χ0n) is 15.7. The molecule has 0 spiro atoms. The summed E-state index contributed by atoms with van der Waals surface area (Å²) in [5.74, 6) is -0.442. The third-order valence-electron chi connectivity index (χ3n) is 5.95. The number of carbonyl (C=O) groups excluding carboxylic acids is 1. The molecule has 2 saturated carbocycles. The topological polar surface area (TPSA) is 75.3 Å². The number of hydrogen-bond donors (Lipinski definition) is 2. The minimum absolute atomic E-state index is 0.0299. The van der Waals surface area contributed by atoms with Gasteiger partial charge in [-0.05, 0) is 79.5 Å². The van der Waals surface area contributed by atoms with Gasteiger partial charge in [-0.25, -0.2) is 17.2 Å². The lowest BCUT2D eigenvalue weighted by atomic mass is 9.86. The number of halogens is 2. The zero-order valence-corrected chi connectivity index (χ0v) is 16.5. The van der Waals surface area contributed by atoms with Gasteiger partial charge in [-0.3, -0.25) is 9.52 Å². The summed E-state index contributed by atoms with van der Waals surface area (Å²) >= 11 is 0. The van der Waals surface area contributed by atoms with Gasteiger partial charge in [-0.2, -0.15) is 0 Å². The van der Waals surface area contributed by atoms with Crippen LogP contribution in [0.1, 0.15) is 32.1 Å². The molecule has 0 saturated heterocycles. The molecular formula is C21H22F2N2O3S. The second-order valence-electron chi connectivity index (χ2n) is 7.95. The summed E-state index contributed by atoms with van der Waals surface area (Å²) in [6, 6.07) is 8.59. The summed E-state index contributed by atoms with van der Waals surface area (Å²) < 4.78 is 53.3. The standard InChI is InChI=1S/C21H22F2N2O3S/c22-19-8-7-18(12-20(19)23)29(27,28)25-17-5-3-16(4-6-17)24-21(26)11-15-10-13-1-2-14(15)9-13/h3-8,12-15,25H,1-2,9-11H2,(H,24,26).